The van der Waals surface area contributed by atoms with Gasteiger partial charge in [-0.1, -0.05) is 0 Å². The van der Waals surface area contributed by atoms with Crippen LogP contribution in [-0.2, 0) is 27.4 Å². The molecule has 45 heavy (non-hydrogen) atoms. The normalized spacial score (nSPS) is 34.5. The summed E-state index contributed by atoms with van der Waals surface area (Å²) in [4.78, 5) is 35.7. The number of hydrogen-bond acceptors (Lipinski definition) is 15. The van der Waals surface area contributed by atoms with Crippen LogP contribution < -0.4 is 11.5 Å². The van der Waals surface area contributed by atoms with E-state index >= 15 is 4.39 Å². The number of fused-ring (bicyclic) bond motifs is 5. The summed E-state index contributed by atoms with van der Waals surface area (Å²) >= 11 is 8.38. The molecule has 1 aliphatic carbocycles. The average molecular weight is 704 g/mol. The van der Waals surface area contributed by atoms with Gasteiger partial charge in [0.2, 0.25) is 0 Å². The third-order valence-corrected chi connectivity index (χ3v) is 11.7. The number of aromatic nitrogens is 7. The number of benzene rings is 1. The molecular weight excluding hydrogens is 675 g/mol. The maximum atomic E-state index is 15.9. The first kappa shape index (κ1) is 31.1. The van der Waals surface area contributed by atoms with Crippen LogP contribution in [0.1, 0.15) is 29.0 Å². The van der Waals surface area contributed by atoms with Crippen molar-refractivity contribution in [3.8, 4) is 0 Å². The Hall–Kier alpha value is -2.51. The summed E-state index contributed by atoms with van der Waals surface area (Å²) in [5.74, 6) is -1.07. The van der Waals surface area contributed by atoms with Gasteiger partial charge in [0.05, 0.1) is 0 Å². The Morgan fingerprint density at radius 2 is 1.98 bits per heavy atom. The number of carbonyl (C=O) groups excluding carboxylic acids is 1. The van der Waals surface area contributed by atoms with Crippen molar-refractivity contribution in [1.82, 2.24) is 34.5 Å². The van der Waals surface area contributed by atoms with Crippen LogP contribution in [0.2, 0.25) is 0 Å². The quantitative estimate of drug-likeness (QED) is 0.152. The van der Waals surface area contributed by atoms with Gasteiger partial charge in [0.25, 0.3) is 0 Å². The minimum absolute atomic E-state index is 0.0505. The second-order valence-corrected chi connectivity index (χ2v) is 17.1. The molecule has 7 rings (SSSR count). The van der Waals surface area contributed by atoms with Gasteiger partial charge in [0, 0.05) is 0 Å². The molecule has 3 aliphatic rings. The molecule has 1 amide bonds. The van der Waals surface area contributed by atoms with Crippen LogP contribution in [-0.4, -0.2) is 83.5 Å². The van der Waals surface area contributed by atoms with E-state index in [1.807, 2.05) is 4.57 Å². The number of halogens is 1. The molecule has 1 saturated carbocycles. The van der Waals surface area contributed by atoms with Crippen molar-refractivity contribution in [3.05, 3.63) is 36.4 Å². The van der Waals surface area contributed by atoms with E-state index in [0.29, 0.717) is 17.6 Å². The first-order valence-electron chi connectivity index (χ1n) is 13.7. The minimum atomic E-state index is -4.32. The number of rotatable bonds is 3. The first-order chi connectivity index (χ1) is 21.4. The number of amides is 1. The van der Waals surface area contributed by atoms with Crippen LogP contribution in [0.25, 0.3) is 22.2 Å². The number of carbonyl (C=O) groups is 1. The Morgan fingerprint density at radius 3 is 2.78 bits per heavy atom. The molecule has 3 fully saturated rings. The molecule has 1 aromatic carbocycles. The van der Waals surface area contributed by atoms with Crippen molar-refractivity contribution in [2.45, 2.75) is 37.1 Å². The molecule has 1 unspecified atom stereocenters. The predicted octanol–water partition coefficient (Wildman–Crippen LogP) is 2.18. The molecule has 2 aliphatic heterocycles. The van der Waals surface area contributed by atoms with Crippen LogP contribution >= 0.6 is 38.4 Å². The van der Waals surface area contributed by atoms with Gasteiger partial charge in [0.15, 0.2) is 0 Å². The van der Waals surface area contributed by atoms with E-state index in [1.54, 1.807) is 18.5 Å². The number of thiol groups is 2. The number of hydrogen-bond donors (Lipinski definition) is 5. The molecule has 5 N–H and O–H groups in total. The Balaban J connectivity index is 1.17. The van der Waals surface area contributed by atoms with E-state index in [0.717, 1.165) is 0 Å². The van der Waals surface area contributed by atoms with Crippen molar-refractivity contribution >= 4 is 72.4 Å². The Kier molecular flexibility index (Phi) is 8.04. The van der Waals surface area contributed by atoms with Gasteiger partial charge in [0.1, 0.15) is 0 Å². The number of primary amides is 1. The fraction of sp³-hybridized carbons (Fsp3) is 0.478. The first-order valence-corrected chi connectivity index (χ1v) is 19.4. The third kappa shape index (κ3) is 5.71. The Bertz CT molecular complexity index is 1830. The van der Waals surface area contributed by atoms with Crippen LogP contribution in [0, 0.1) is 11.8 Å². The van der Waals surface area contributed by atoms with Gasteiger partial charge < -0.3 is 0 Å². The second-order valence-electron chi connectivity index (χ2n) is 10.9. The van der Waals surface area contributed by atoms with Crippen molar-refractivity contribution in [2.75, 3.05) is 25.6 Å². The number of nitrogens with two attached hydrogens (primary N) is 2. The van der Waals surface area contributed by atoms with Crippen LogP contribution in [0.3, 0.4) is 0 Å². The maximum absolute atomic E-state index is 15.9. The van der Waals surface area contributed by atoms with E-state index in [-0.39, 0.29) is 53.5 Å². The summed E-state index contributed by atoms with van der Waals surface area (Å²) < 4.78 is 60.8. The average Bonchev–Trinajstić information content (AvgIpc) is 3.67. The topological polar surface area (TPSA) is 227 Å². The van der Waals surface area contributed by atoms with E-state index < -0.39 is 51.1 Å². The van der Waals surface area contributed by atoms with Crippen molar-refractivity contribution in [2.24, 2.45) is 17.6 Å². The summed E-state index contributed by atoms with van der Waals surface area (Å²) in [6, 6.07) is 4.38. The number of imidazole rings is 1. The molecule has 242 valence electrons. The van der Waals surface area contributed by atoms with E-state index in [9.17, 15) is 14.3 Å². The molecule has 3 aromatic heterocycles. The fourth-order valence-electron chi connectivity index (χ4n) is 5.96. The number of ether oxygens (including phenoxy) is 1. The van der Waals surface area contributed by atoms with Crippen molar-refractivity contribution in [3.63, 3.8) is 0 Å². The van der Waals surface area contributed by atoms with Gasteiger partial charge in [-0.2, -0.15) is 0 Å². The molecule has 22 heteroatoms. The summed E-state index contributed by atoms with van der Waals surface area (Å²) in [6.45, 7) is -4.71. The Morgan fingerprint density at radius 1 is 1.18 bits per heavy atom. The molecule has 0 spiro atoms. The van der Waals surface area contributed by atoms with Gasteiger partial charge in [-0.3, -0.25) is 0 Å². The molecule has 0 radical (unpaired) electrons. The molecule has 2 saturated heterocycles. The van der Waals surface area contributed by atoms with Crippen LogP contribution in [0.5, 0.6) is 0 Å². The third-order valence-electron chi connectivity index (χ3n) is 8.27. The van der Waals surface area contributed by atoms with E-state index in [2.05, 4.69) is 49.8 Å². The van der Waals surface area contributed by atoms with Crippen LogP contribution in [0.15, 0.2) is 30.9 Å². The summed E-state index contributed by atoms with van der Waals surface area (Å²) in [5.41, 5.74) is 12.9. The zero-order valence-corrected chi connectivity index (χ0v) is 26.7. The summed E-state index contributed by atoms with van der Waals surface area (Å²) in [5, 5.41) is 8.08. The number of alkyl halides is 1. The number of nitrogens with zero attached hydrogens (tertiary/aromatic N) is 7. The van der Waals surface area contributed by atoms with E-state index in [4.69, 9.17) is 34.3 Å². The fourth-order valence-corrected chi connectivity index (χ4v) is 8.82. The van der Waals surface area contributed by atoms with E-state index in [1.165, 1.54) is 17.1 Å². The van der Waals surface area contributed by atoms with Crippen molar-refractivity contribution < 1.29 is 41.5 Å². The standard InChI is InChI=1S/C23H28FN9O8P2S2/c24-16-15-7-39-42(35,44)38-6-12-10(4-14(12)32-9-29-18-20(25)27-8-28-22(18)32)5-37-43(36,45)41-19(16)23(40-15)33-13-3-1-2-11(21(26)34)17(13)30-31-33/h1-3,8-10,12,14-16,19,23,36,43,45H,4-7H2,(H2,26,34)(H,35,44)(H2,25,27,28)/t10-,12-,14-,15-,16-,19-,23-,42?/m1/s1. The molecule has 4 aromatic rings. The number of anilines is 1. The van der Waals surface area contributed by atoms with Crippen molar-refractivity contribution in [1.29, 1.82) is 0 Å². The molecule has 5 heterocycles. The van der Waals surface area contributed by atoms with Gasteiger partial charge in [-0.15, -0.1) is 0 Å². The van der Waals surface area contributed by atoms with Crippen LogP contribution in [0.4, 0.5) is 10.2 Å². The Labute approximate surface area is 264 Å². The predicted molar refractivity (Wildman–Crippen MR) is 164 cm³/mol. The zero-order chi connectivity index (χ0) is 31.7. The zero-order valence-electron chi connectivity index (χ0n) is 23.1. The summed E-state index contributed by atoms with van der Waals surface area (Å²) in [7, 11) is -4.32. The molecule has 17 nitrogen and oxygen atoms in total. The molecule has 2 bridgehead atoms. The monoisotopic (exact) mass is 703 g/mol. The molecule has 8 atom stereocenters. The van der Waals surface area contributed by atoms with Gasteiger partial charge >= 0.3 is 265 Å². The summed E-state index contributed by atoms with van der Waals surface area (Å²) in [6.07, 6.45) is -2.71. The van der Waals surface area contributed by atoms with Gasteiger partial charge in [-0.05, 0) is 0 Å². The number of nitrogen functional groups attached to an aromatic ring is 1. The SMILES string of the molecule is NC(=O)c1cccc2c1nnn2[C@@H]1O[C@@H]2COP(=O)(S)OC[C@@H]3[C@@H](CO[PH](O)(S)O[C@@H]1[C@@H]2F)C[C@H]3n1cnc2c(N)ncnc21. The van der Waals surface area contributed by atoms with Gasteiger partial charge in [-0.25, -0.2) is 0 Å². The molecular formula is C23H28FN9O8P2S2. The second kappa shape index (κ2) is 11.6.